The molecule has 1 spiro atoms. The number of aromatic nitrogens is 2. The molecule has 3 heterocycles. The number of benzene rings is 1. The van der Waals surface area contributed by atoms with E-state index in [4.69, 9.17) is 8.92 Å². The number of thiazole rings is 1. The van der Waals surface area contributed by atoms with Gasteiger partial charge in [-0.05, 0) is 71.4 Å². The van der Waals surface area contributed by atoms with Crippen molar-refractivity contribution in [2.75, 3.05) is 6.54 Å². The van der Waals surface area contributed by atoms with Gasteiger partial charge in [0, 0.05) is 23.2 Å². The maximum atomic E-state index is 12.8. The summed E-state index contributed by atoms with van der Waals surface area (Å²) in [6.07, 6.45) is 4.90. The van der Waals surface area contributed by atoms with Gasteiger partial charge in [0.25, 0.3) is 5.56 Å². The minimum absolute atomic E-state index is 0.00607. The maximum absolute atomic E-state index is 12.8. The first-order chi connectivity index (χ1) is 16.9. The molecule has 11 heteroatoms. The molecule has 192 valence electrons. The molecular formula is C25H29N3O6S2. The normalized spacial score (nSPS) is 19.4. The number of fused-ring (bicyclic) bond motifs is 1. The number of carbonyl (C=O) groups is 1. The van der Waals surface area contributed by atoms with Crippen molar-refractivity contribution < 1.29 is 22.1 Å². The van der Waals surface area contributed by atoms with Gasteiger partial charge in [-0.3, -0.25) is 9.20 Å². The van der Waals surface area contributed by atoms with Crippen molar-refractivity contribution >= 4 is 32.5 Å². The lowest BCUT2D eigenvalue weighted by molar-refractivity contribution is 0.00384. The average Bonchev–Trinajstić information content (AvgIpc) is 3.38. The molecule has 2 fully saturated rings. The topological polar surface area (TPSA) is 107 Å². The van der Waals surface area contributed by atoms with Gasteiger partial charge in [-0.2, -0.15) is 13.4 Å². The van der Waals surface area contributed by atoms with Crippen LogP contribution in [0.15, 0.2) is 46.2 Å². The number of likely N-dealkylation sites (tertiary alicyclic amines) is 1. The number of aryl methyl sites for hydroxylation is 1. The van der Waals surface area contributed by atoms with E-state index in [9.17, 15) is 18.0 Å². The third-order valence-electron chi connectivity index (χ3n) is 6.61. The first kappa shape index (κ1) is 24.8. The molecule has 9 nitrogen and oxygen atoms in total. The predicted molar refractivity (Wildman–Crippen MR) is 135 cm³/mol. The van der Waals surface area contributed by atoms with E-state index >= 15 is 0 Å². The van der Waals surface area contributed by atoms with Crippen molar-refractivity contribution in [1.82, 2.24) is 14.3 Å². The van der Waals surface area contributed by atoms with Crippen molar-refractivity contribution in [3.05, 3.63) is 57.3 Å². The zero-order valence-corrected chi connectivity index (χ0v) is 22.3. The van der Waals surface area contributed by atoms with Crippen LogP contribution in [-0.2, 0) is 14.9 Å². The van der Waals surface area contributed by atoms with Gasteiger partial charge in [0.2, 0.25) is 5.88 Å². The number of ether oxygens (including phenoxy) is 1. The highest BCUT2D eigenvalue weighted by Crippen LogP contribution is 2.53. The monoisotopic (exact) mass is 531 g/mol. The van der Waals surface area contributed by atoms with E-state index in [-0.39, 0.29) is 28.3 Å². The van der Waals surface area contributed by atoms with Crippen LogP contribution in [0.25, 0.3) is 4.96 Å². The van der Waals surface area contributed by atoms with Crippen LogP contribution in [0.1, 0.15) is 62.8 Å². The highest BCUT2D eigenvalue weighted by molar-refractivity contribution is 7.87. The largest absolute Gasteiger partial charge is 0.444 e. The Morgan fingerprint density at radius 2 is 1.89 bits per heavy atom. The van der Waals surface area contributed by atoms with E-state index in [2.05, 4.69) is 4.98 Å². The SMILES string of the molecule is Cc1ccc(S(=O)(=O)Oc2cc(=O)n3cc([C@H]4CCN(C(=O)OC(C)(C)C)C5(CC5)C4)sc3n2)cc1. The average molecular weight is 532 g/mol. The van der Waals surface area contributed by atoms with Gasteiger partial charge in [0.15, 0.2) is 4.96 Å². The molecule has 0 N–H and O–H groups in total. The standard InChI is InChI=1S/C25H29N3O6S2/c1-16-5-7-18(8-6-16)36(31,32)34-20-13-21(29)27-15-19(35-22(27)26-20)17-9-12-28(25(14-17)10-11-25)23(30)33-24(2,3)4/h5-8,13,15,17H,9-12,14H2,1-4H3/t17-/m0/s1. The van der Waals surface area contributed by atoms with Crippen molar-refractivity contribution in [3.8, 4) is 5.88 Å². The zero-order valence-electron chi connectivity index (χ0n) is 20.7. The summed E-state index contributed by atoms with van der Waals surface area (Å²) in [6.45, 7) is 8.03. The van der Waals surface area contributed by atoms with Crippen LogP contribution in [0.2, 0.25) is 0 Å². The van der Waals surface area contributed by atoms with Crippen LogP contribution < -0.4 is 9.74 Å². The van der Waals surface area contributed by atoms with Crippen LogP contribution in [-0.4, -0.2) is 46.5 Å². The van der Waals surface area contributed by atoms with E-state index in [1.54, 1.807) is 18.3 Å². The number of hydrogen-bond acceptors (Lipinski definition) is 8. The van der Waals surface area contributed by atoms with Crippen molar-refractivity contribution in [1.29, 1.82) is 0 Å². The third-order valence-corrected chi connectivity index (χ3v) is 8.99. The van der Waals surface area contributed by atoms with Gasteiger partial charge in [0.05, 0.1) is 6.07 Å². The van der Waals surface area contributed by atoms with Gasteiger partial charge < -0.3 is 13.8 Å². The van der Waals surface area contributed by atoms with E-state index in [1.165, 1.54) is 27.9 Å². The van der Waals surface area contributed by atoms with Gasteiger partial charge in [-0.1, -0.05) is 17.7 Å². The predicted octanol–water partition coefficient (Wildman–Crippen LogP) is 4.48. The Kier molecular flexibility index (Phi) is 5.90. The maximum Gasteiger partial charge on any atom is 0.410 e. The number of piperidine rings is 1. The minimum Gasteiger partial charge on any atom is -0.444 e. The van der Waals surface area contributed by atoms with E-state index in [1.807, 2.05) is 32.6 Å². The molecular weight excluding hydrogens is 502 g/mol. The van der Waals surface area contributed by atoms with Crippen LogP contribution >= 0.6 is 11.3 Å². The highest BCUT2D eigenvalue weighted by Gasteiger charge is 2.54. The Bertz CT molecular complexity index is 1480. The summed E-state index contributed by atoms with van der Waals surface area (Å²) in [6, 6.07) is 7.35. The quantitative estimate of drug-likeness (QED) is 0.457. The molecule has 36 heavy (non-hydrogen) atoms. The Morgan fingerprint density at radius 1 is 1.19 bits per heavy atom. The lowest BCUT2D eigenvalue weighted by Crippen LogP contribution is -2.49. The molecule has 0 bridgehead atoms. The fourth-order valence-electron chi connectivity index (χ4n) is 4.65. The summed E-state index contributed by atoms with van der Waals surface area (Å²) >= 11 is 1.35. The van der Waals surface area contributed by atoms with Gasteiger partial charge >= 0.3 is 16.2 Å². The number of nitrogens with zero attached hydrogens (tertiary/aromatic N) is 3. The van der Waals surface area contributed by atoms with E-state index < -0.39 is 21.3 Å². The molecule has 1 aliphatic heterocycles. The second-order valence-electron chi connectivity index (χ2n) is 10.6. The lowest BCUT2D eigenvalue weighted by Gasteiger charge is -2.40. The molecule has 2 aromatic heterocycles. The number of amides is 1. The Balaban J connectivity index is 1.36. The summed E-state index contributed by atoms with van der Waals surface area (Å²) in [5, 5.41) is 0. The molecule has 0 unspecified atom stereocenters. The molecule has 0 radical (unpaired) electrons. The van der Waals surface area contributed by atoms with Gasteiger partial charge in [-0.15, -0.1) is 11.3 Å². The number of carbonyl (C=O) groups excluding carboxylic acids is 1. The molecule has 1 aromatic carbocycles. The van der Waals surface area contributed by atoms with Gasteiger partial charge in [-0.25, -0.2) is 4.79 Å². The molecule has 1 atom stereocenters. The number of rotatable bonds is 4. The molecule has 1 saturated heterocycles. The highest BCUT2D eigenvalue weighted by atomic mass is 32.2. The molecule has 5 rings (SSSR count). The summed E-state index contributed by atoms with van der Waals surface area (Å²) in [4.78, 5) is 33.0. The van der Waals surface area contributed by atoms with Gasteiger partial charge in [0.1, 0.15) is 10.5 Å². The zero-order chi connectivity index (χ0) is 25.9. The summed E-state index contributed by atoms with van der Waals surface area (Å²) < 4.78 is 37.5. The van der Waals surface area contributed by atoms with Crippen LogP contribution in [0.3, 0.4) is 0 Å². The molecule has 1 aliphatic carbocycles. The Hall–Kier alpha value is -2.92. The molecule has 1 saturated carbocycles. The van der Waals surface area contributed by atoms with Crippen LogP contribution in [0, 0.1) is 6.92 Å². The fraction of sp³-hybridized carbons (Fsp3) is 0.480. The summed E-state index contributed by atoms with van der Waals surface area (Å²) in [5.41, 5.74) is -0.239. The minimum atomic E-state index is -4.12. The Labute approximate surface area is 213 Å². The summed E-state index contributed by atoms with van der Waals surface area (Å²) in [5.74, 6) is -0.0923. The fourth-order valence-corrected chi connectivity index (χ4v) is 6.64. The number of hydrogen-bond donors (Lipinski definition) is 0. The first-order valence-corrected chi connectivity index (χ1v) is 14.1. The van der Waals surface area contributed by atoms with E-state index in [0.717, 1.165) is 42.2 Å². The van der Waals surface area contributed by atoms with Crippen LogP contribution in [0.4, 0.5) is 4.79 Å². The first-order valence-electron chi connectivity index (χ1n) is 11.9. The van der Waals surface area contributed by atoms with E-state index in [0.29, 0.717) is 11.5 Å². The van der Waals surface area contributed by atoms with Crippen LogP contribution in [0.5, 0.6) is 5.88 Å². The second-order valence-corrected chi connectivity index (χ2v) is 13.2. The molecule has 3 aromatic rings. The third kappa shape index (κ3) is 4.86. The smallest absolute Gasteiger partial charge is 0.410 e. The Morgan fingerprint density at radius 3 is 2.53 bits per heavy atom. The van der Waals surface area contributed by atoms with Crippen molar-refractivity contribution in [2.24, 2.45) is 0 Å². The lowest BCUT2D eigenvalue weighted by atomic mass is 9.88. The molecule has 2 aliphatic rings. The van der Waals surface area contributed by atoms with Crippen molar-refractivity contribution in [2.45, 2.75) is 75.3 Å². The second kappa shape index (κ2) is 8.58. The van der Waals surface area contributed by atoms with Crippen molar-refractivity contribution in [3.63, 3.8) is 0 Å². The molecule has 1 amide bonds. The summed E-state index contributed by atoms with van der Waals surface area (Å²) in [7, 11) is -4.12.